The van der Waals surface area contributed by atoms with Gasteiger partial charge < -0.3 is 10.4 Å². The van der Waals surface area contributed by atoms with Crippen LogP contribution in [0.25, 0.3) is 11.3 Å². The van der Waals surface area contributed by atoms with Crippen LogP contribution in [-0.4, -0.2) is 28.5 Å². The first-order valence-electron chi connectivity index (χ1n) is 6.15. The first-order chi connectivity index (χ1) is 9.20. The number of benzene rings is 1. The second-order valence-electron chi connectivity index (χ2n) is 4.27. The molecule has 0 spiro atoms. The number of halogens is 1. The molecule has 0 aliphatic heterocycles. The maximum atomic E-state index is 13.2. The van der Waals surface area contributed by atoms with Crippen LogP contribution in [0.5, 0.6) is 0 Å². The minimum absolute atomic E-state index is 0.146. The molecule has 0 radical (unpaired) electrons. The molecule has 5 heteroatoms. The van der Waals surface area contributed by atoms with Gasteiger partial charge in [-0.1, -0.05) is 0 Å². The number of aliphatic hydroxyl groups excluding tert-OH is 1. The largest absolute Gasteiger partial charge is 0.396 e. The number of hydrogen-bond donors (Lipinski definition) is 2. The number of nitrogens with one attached hydrogen (secondary N) is 1. The summed E-state index contributed by atoms with van der Waals surface area (Å²) < 4.78 is 13.2. The lowest BCUT2D eigenvalue weighted by molar-refractivity contribution is 0.292. The van der Waals surface area contributed by atoms with Crippen LogP contribution in [-0.2, 0) is 0 Å². The number of aryl methyl sites for hydroxylation is 1. The van der Waals surface area contributed by atoms with Crippen LogP contribution in [0.2, 0.25) is 0 Å². The first-order valence-corrected chi connectivity index (χ1v) is 6.15. The highest BCUT2D eigenvalue weighted by Gasteiger charge is 2.04. The van der Waals surface area contributed by atoms with E-state index in [4.69, 9.17) is 5.11 Å². The molecule has 1 aromatic carbocycles. The second kappa shape index (κ2) is 6.24. The molecule has 2 rings (SSSR count). The van der Waals surface area contributed by atoms with Crippen molar-refractivity contribution in [3.8, 4) is 11.3 Å². The summed E-state index contributed by atoms with van der Waals surface area (Å²) >= 11 is 0. The maximum absolute atomic E-state index is 13.2. The van der Waals surface area contributed by atoms with Gasteiger partial charge in [0.15, 0.2) is 0 Å². The summed E-state index contributed by atoms with van der Waals surface area (Å²) in [6.45, 7) is 2.52. The summed E-state index contributed by atoms with van der Waals surface area (Å²) in [5, 5.41) is 19.9. The molecule has 4 nitrogen and oxygen atoms in total. The molecule has 0 unspecified atom stereocenters. The topological polar surface area (TPSA) is 58.0 Å². The van der Waals surface area contributed by atoms with Crippen molar-refractivity contribution in [2.24, 2.45) is 0 Å². The summed E-state index contributed by atoms with van der Waals surface area (Å²) in [5.74, 6) is 0.440. The molecule has 0 fully saturated rings. The molecule has 2 aromatic rings. The van der Waals surface area contributed by atoms with Crippen LogP contribution in [0.4, 0.5) is 10.2 Å². The van der Waals surface area contributed by atoms with E-state index in [1.807, 2.05) is 12.1 Å². The molecular formula is C14H16FN3O. The van der Waals surface area contributed by atoms with Gasteiger partial charge in [0.2, 0.25) is 0 Å². The van der Waals surface area contributed by atoms with Gasteiger partial charge in [-0.3, -0.25) is 0 Å². The molecule has 2 N–H and O–H groups in total. The molecule has 0 aliphatic carbocycles. The van der Waals surface area contributed by atoms with Gasteiger partial charge in [0.1, 0.15) is 11.6 Å². The van der Waals surface area contributed by atoms with Crippen molar-refractivity contribution in [1.29, 1.82) is 0 Å². The predicted octanol–water partition coefficient (Wildman–Crippen LogP) is 2.39. The lowest BCUT2D eigenvalue weighted by Crippen LogP contribution is -2.05. The molecule has 0 atom stereocenters. The van der Waals surface area contributed by atoms with Gasteiger partial charge in [-0.05, 0) is 49.2 Å². The maximum Gasteiger partial charge on any atom is 0.148 e. The van der Waals surface area contributed by atoms with E-state index in [2.05, 4.69) is 15.5 Å². The summed E-state index contributed by atoms with van der Waals surface area (Å²) in [7, 11) is 0. The number of hydrogen-bond acceptors (Lipinski definition) is 4. The van der Waals surface area contributed by atoms with Crippen LogP contribution in [0.3, 0.4) is 0 Å². The first kappa shape index (κ1) is 13.4. The van der Waals surface area contributed by atoms with Crippen molar-refractivity contribution in [3.05, 3.63) is 41.7 Å². The summed E-state index contributed by atoms with van der Waals surface area (Å²) in [4.78, 5) is 0. The summed E-state index contributed by atoms with van der Waals surface area (Å²) in [5.41, 5.74) is 2.13. The van der Waals surface area contributed by atoms with Crippen LogP contribution in [0.15, 0.2) is 30.3 Å². The number of aliphatic hydroxyl groups is 1. The average Bonchev–Trinajstić information content (AvgIpc) is 2.43. The minimum Gasteiger partial charge on any atom is -0.396 e. The van der Waals surface area contributed by atoms with E-state index in [0.29, 0.717) is 30.0 Å². The van der Waals surface area contributed by atoms with E-state index in [0.717, 1.165) is 5.56 Å². The highest BCUT2D eigenvalue weighted by atomic mass is 19.1. The van der Waals surface area contributed by atoms with Crippen LogP contribution >= 0.6 is 0 Å². The molecule has 0 saturated carbocycles. The Morgan fingerprint density at radius 3 is 2.68 bits per heavy atom. The Labute approximate surface area is 111 Å². The summed E-state index contributed by atoms with van der Waals surface area (Å²) in [6, 6.07) is 8.52. The molecule has 0 saturated heterocycles. The average molecular weight is 261 g/mol. The zero-order valence-electron chi connectivity index (χ0n) is 10.7. The number of aromatic nitrogens is 2. The van der Waals surface area contributed by atoms with Gasteiger partial charge in [-0.25, -0.2) is 4.39 Å². The third-order valence-corrected chi connectivity index (χ3v) is 2.76. The van der Waals surface area contributed by atoms with Crippen LogP contribution in [0.1, 0.15) is 12.0 Å². The zero-order valence-corrected chi connectivity index (χ0v) is 10.7. The van der Waals surface area contributed by atoms with Crippen molar-refractivity contribution in [2.45, 2.75) is 13.3 Å². The predicted molar refractivity (Wildman–Crippen MR) is 72.4 cm³/mol. The molecule has 0 bridgehead atoms. The SMILES string of the molecule is Cc1cc(-c2ccc(NCCCO)nn2)ccc1F. The third kappa shape index (κ3) is 3.48. The van der Waals surface area contributed by atoms with Gasteiger partial charge in [0.25, 0.3) is 0 Å². The molecule has 19 heavy (non-hydrogen) atoms. The van der Waals surface area contributed by atoms with Gasteiger partial charge in [-0.15, -0.1) is 10.2 Å². The van der Waals surface area contributed by atoms with Gasteiger partial charge >= 0.3 is 0 Å². The normalized spacial score (nSPS) is 10.5. The Bertz CT molecular complexity index is 543. The monoisotopic (exact) mass is 261 g/mol. The highest BCUT2D eigenvalue weighted by Crippen LogP contribution is 2.20. The molecule has 100 valence electrons. The van der Waals surface area contributed by atoms with E-state index in [1.165, 1.54) is 6.07 Å². The van der Waals surface area contributed by atoms with Gasteiger partial charge in [0, 0.05) is 18.7 Å². The Kier molecular flexibility index (Phi) is 4.41. The van der Waals surface area contributed by atoms with Crippen molar-refractivity contribution >= 4 is 5.82 Å². The smallest absolute Gasteiger partial charge is 0.148 e. The van der Waals surface area contributed by atoms with Crippen LogP contribution < -0.4 is 5.32 Å². The third-order valence-electron chi connectivity index (χ3n) is 2.76. The summed E-state index contributed by atoms with van der Waals surface area (Å²) in [6.07, 6.45) is 0.667. The number of anilines is 1. The van der Waals surface area contributed by atoms with Crippen LogP contribution in [0, 0.1) is 12.7 Å². The Morgan fingerprint density at radius 1 is 1.21 bits per heavy atom. The van der Waals surface area contributed by atoms with E-state index < -0.39 is 0 Å². The Balaban J connectivity index is 2.11. The van der Waals surface area contributed by atoms with Crippen molar-refractivity contribution in [3.63, 3.8) is 0 Å². The standard InChI is InChI=1S/C14H16FN3O/c1-10-9-11(3-4-12(10)15)13-5-6-14(18-17-13)16-7-2-8-19/h3-6,9,19H,2,7-8H2,1H3,(H,16,18). The van der Waals surface area contributed by atoms with E-state index in [1.54, 1.807) is 19.1 Å². The number of nitrogens with zero attached hydrogens (tertiary/aromatic N) is 2. The number of rotatable bonds is 5. The molecule has 1 aromatic heterocycles. The Hall–Kier alpha value is -2.01. The molecule has 0 aliphatic rings. The second-order valence-corrected chi connectivity index (χ2v) is 4.27. The van der Waals surface area contributed by atoms with Crippen molar-refractivity contribution < 1.29 is 9.50 Å². The molecular weight excluding hydrogens is 245 g/mol. The Morgan fingerprint density at radius 2 is 2.05 bits per heavy atom. The van der Waals surface area contributed by atoms with Crippen molar-refractivity contribution in [2.75, 3.05) is 18.5 Å². The lowest BCUT2D eigenvalue weighted by atomic mass is 10.1. The lowest BCUT2D eigenvalue weighted by Gasteiger charge is -2.05. The fourth-order valence-corrected chi connectivity index (χ4v) is 1.68. The zero-order chi connectivity index (χ0) is 13.7. The minimum atomic E-state index is -0.223. The fraction of sp³-hybridized carbons (Fsp3) is 0.286. The van der Waals surface area contributed by atoms with Crippen molar-refractivity contribution in [1.82, 2.24) is 10.2 Å². The van der Waals surface area contributed by atoms with Gasteiger partial charge in [-0.2, -0.15) is 0 Å². The van der Waals surface area contributed by atoms with E-state index in [-0.39, 0.29) is 12.4 Å². The van der Waals surface area contributed by atoms with E-state index >= 15 is 0 Å². The quantitative estimate of drug-likeness (QED) is 0.811. The molecule has 1 heterocycles. The molecule has 0 amide bonds. The van der Waals surface area contributed by atoms with Gasteiger partial charge in [0.05, 0.1) is 5.69 Å². The van der Waals surface area contributed by atoms with E-state index in [9.17, 15) is 4.39 Å². The fourth-order valence-electron chi connectivity index (χ4n) is 1.68. The highest BCUT2D eigenvalue weighted by molar-refractivity contribution is 5.60.